The van der Waals surface area contributed by atoms with Crippen LogP contribution in [0.4, 0.5) is 5.69 Å². The van der Waals surface area contributed by atoms with Gasteiger partial charge in [-0.25, -0.2) is 13.1 Å². The van der Waals surface area contributed by atoms with Gasteiger partial charge in [0.15, 0.2) is 6.61 Å². The smallest absolute Gasteiger partial charge is 0.262 e. The van der Waals surface area contributed by atoms with Crippen LogP contribution in [0.2, 0.25) is 0 Å². The fraction of sp³-hybridized carbons (Fsp3) is 0.533. The summed E-state index contributed by atoms with van der Waals surface area (Å²) in [5.41, 5.74) is 0.400. The van der Waals surface area contributed by atoms with Gasteiger partial charge in [-0.15, -0.1) is 12.4 Å². The lowest BCUT2D eigenvalue weighted by molar-refractivity contribution is -0.118. The van der Waals surface area contributed by atoms with E-state index in [1.807, 2.05) is 0 Å². The number of methoxy groups -OCH3 is 1. The van der Waals surface area contributed by atoms with Crippen molar-refractivity contribution in [2.24, 2.45) is 0 Å². The molecule has 10 heteroatoms. The standard InChI is InChI=1S/C15H21N3O5S.ClH/c1-22-13-7-11-12(23-9-15(19)18-11)8-14(13)24(20,21)17-6-4-10-3-2-5-16-10;/h7-8,10,16-17H,2-6,9H2,1H3,(H,18,19);1H/t10-;/m1./s1. The number of anilines is 1. The third-order valence-electron chi connectivity index (χ3n) is 4.14. The first-order chi connectivity index (χ1) is 11.5. The van der Waals surface area contributed by atoms with Crippen LogP contribution < -0.4 is 24.8 Å². The van der Waals surface area contributed by atoms with Crippen LogP contribution in [0, 0.1) is 0 Å². The van der Waals surface area contributed by atoms with Crippen LogP contribution in [0.3, 0.4) is 0 Å². The lowest BCUT2D eigenvalue weighted by atomic mass is 10.2. The maximum atomic E-state index is 12.6. The molecule has 25 heavy (non-hydrogen) atoms. The summed E-state index contributed by atoms with van der Waals surface area (Å²) < 4.78 is 38.2. The first-order valence-electron chi connectivity index (χ1n) is 7.87. The summed E-state index contributed by atoms with van der Waals surface area (Å²) in [7, 11) is -2.35. The number of carbonyl (C=O) groups excluding carboxylic acids is 1. The molecule has 0 saturated carbocycles. The van der Waals surface area contributed by atoms with E-state index in [9.17, 15) is 13.2 Å². The zero-order valence-corrected chi connectivity index (χ0v) is 15.5. The average molecular weight is 392 g/mol. The van der Waals surface area contributed by atoms with Crippen molar-refractivity contribution in [3.63, 3.8) is 0 Å². The van der Waals surface area contributed by atoms with E-state index < -0.39 is 10.0 Å². The highest BCUT2D eigenvalue weighted by molar-refractivity contribution is 7.89. The van der Waals surface area contributed by atoms with Gasteiger partial charge in [0.05, 0.1) is 12.8 Å². The van der Waals surface area contributed by atoms with Crippen LogP contribution in [-0.4, -0.2) is 47.2 Å². The van der Waals surface area contributed by atoms with Crippen molar-refractivity contribution < 1.29 is 22.7 Å². The Hall–Kier alpha value is -1.55. The van der Waals surface area contributed by atoms with Crippen LogP contribution in [0.1, 0.15) is 19.3 Å². The molecule has 1 amide bonds. The molecule has 0 radical (unpaired) electrons. The van der Waals surface area contributed by atoms with Crippen molar-refractivity contribution in [3.05, 3.63) is 12.1 Å². The summed E-state index contributed by atoms with van der Waals surface area (Å²) in [6.07, 6.45) is 2.93. The second-order valence-electron chi connectivity index (χ2n) is 5.82. The molecule has 140 valence electrons. The molecule has 0 aromatic heterocycles. The Kier molecular flexibility index (Phi) is 6.50. The third kappa shape index (κ3) is 4.55. The molecule has 3 N–H and O–H groups in total. The molecular weight excluding hydrogens is 370 g/mol. The lowest BCUT2D eigenvalue weighted by Gasteiger charge is -2.20. The van der Waals surface area contributed by atoms with E-state index >= 15 is 0 Å². The Morgan fingerprint density at radius 1 is 1.40 bits per heavy atom. The number of benzene rings is 1. The van der Waals surface area contributed by atoms with Crippen LogP contribution in [0.15, 0.2) is 17.0 Å². The van der Waals surface area contributed by atoms with Crippen molar-refractivity contribution >= 4 is 34.0 Å². The Labute approximate surface area is 153 Å². The lowest BCUT2D eigenvalue weighted by Crippen LogP contribution is -2.31. The minimum atomic E-state index is -3.74. The summed E-state index contributed by atoms with van der Waals surface area (Å²) in [6, 6.07) is 3.19. The molecule has 2 aliphatic heterocycles. The Morgan fingerprint density at radius 2 is 2.20 bits per heavy atom. The minimum Gasteiger partial charge on any atom is -0.495 e. The largest absolute Gasteiger partial charge is 0.495 e. The van der Waals surface area contributed by atoms with Gasteiger partial charge in [0.1, 0.15) is 16.4 Å². The normalized spacial score (nSPS) is 19.4. The van der Waals surface area contributed by atoms with Crippen molar-refractivity contribution in [2.75, 3.05) is 32.1 Å². The summed E-state index contributed by atoms with van der Waals surface area (Å²) in [4.78, 5) is 11.4. The highest BCUT2D eigenvalue weighted by Gasteiger charge is 2.26. The van der Waals surface area contributed by atoms with E-state index in [1.54, 1.807) is 0 Å². The predicted octanol–water partition coefficient (Wildman–Crippen LogP) is 0.868. The number of ether oxygens (including phenoxy) is 2. The second-order valence-corrected chi connectivity index (χ2v) is 7.55. The number of halogens is 1. The fourth-order valence-corrected chi connectivity index (χ4v) is 4.12. The van der Waals surface area contributed by atoms with Gasteiger partial charge < -0.3 is 20.1 Å². The average Bonchev–Trinajstić information content (AvgIpc) is 3.06. The first-order valence-corrected chi connectivity index (χ1v) is 9.35. The Morgan fingerprint density at radius 3 is 2.88 bits per heavy atom. The topological polar surface area (TPSA) is 106 Å². The molecule has 0 bridgehead atoms. The number of amides is 1. The molecule has 3 rings (SSSR count). The molecule has 8 nitrogen and oxygen atoms in total. The van der Waals surface area contributed by atoms with Crippen molar-refractivity contribution in [1.29, 1.82) is 0 Å². The zero-order chi connectivity index (χ0) is 17.2. The monoisotopic (exact) mass is 391 g/mol. The van der Waals surface area contributed by atoms with E-state index in [1.165, 1.54) is 19.2 Å². The molecule has 2 heterocycles. The van der Waals surface area contributed by atoms with Gasteiger partial charge in [-0.3, -0.25) is 4.79 Å². The molecule has 1 aromatic rings. The van der Waals surface area contributed by atoms with Crippen molar-refractivity contribution in [3.8, 4) is 11.5 Å². The summed E-state index contributed by atoms with van der Waals surface area (Å²) in [6.45, 7) is 1.19. The first kappa shape index (κ1) is 19.8. The van der Waals surface area contributed by atoms with Gasteiger partial charge in [-0.2, -0.15) is 0 Å². The molecule has 1 atom stereocenters. The van der Waals surface area contributed by atoms with E-state index in [0.717, 1.165) is 25.8 Å². The molecule has 0 aliphatic carbocycles. The van der Waals surface area contributed by atoms with E-state index in [0.29, 0.717) is 24.0 Å². The Balaban J connectivity index is 0.00000225. The van der Waals surface area contributed by atoms with Gasteiger partial charge in [-0.1, -0.05) is 0 Å². The molecule has 2 aliphatic rings. The number of carbonyl (C=O) groups is 1. The van der Waals surface area contributed by atoms with Gasteiger partial charge in [0.2, 0.25) is 10.0 Å². The van der Waals surface area contributed by atoms with Crippen LogP contribution in [0.25, 0.3) is 0 Å². The van der Waals surface area contributed by atoms with Crippen molar-refractivity contribution in [1.82, 2.24) is 10.0 Å². The molecule has 1 saturated heterocycles. The number of hydrogen-bond acceptors (Lipinski definition) is 6. The highest BCUT2D eigenvalue weighted by Crippen LogP contribution is 2.37. The maximum absolute atomic E-state index is 12.6. The SMILES string of the molecule is COc1cc2c(cc1S(=O)(=O)NCC[C@H]1CCCN1)OCC(=O)N2.Cl. The molecule has 0 spiro atoms. The fourth-order valence-electron chi connectivity index (χ4n) is 2.91. The highest BCUT2D eigenvalue weighted by atomic mass is 35.5. The van der Waals surface area contributed by atoms with Gasteiger partial charge >= 0.3 is 0 Å². The van der Waals surface area contributed by atoms with E-state index in [-0.39, 0.29) is 35.6 Å². The van der Waals surface area contributed by atoms with Gasteiger partial charge in [0, 0.05) is 24.7 Å². The predicted molar refractivity (Wildman–Crippen MR) is 95.2 cm³/mol. The number of nitrogens with one attached hydrogen (secondary N) is 3. The van der Waals surface area contributed by atoms with Crippen LogP contribution >= 0.6 is 12.4 Å². The van der Waals surface area contributed by atoms with Crippen LogP contribution in [-0.2, 0) is 14.8 Å². The zero-order valence-electron chi connectivity index (χ0n) is 13.8. The minimum absolute atomic E-state index is 0. The Bertz CT molecular complexity index is 735. The molecule has 0 unspecified atom stereocenters. The van der Waals surface area contributed by atoms with Gasteiger partial charge in [-0.05, 0) is 25.8 Å². The van der Waals surface area contributed by atoms with Crippen molar-refractivity contribution in [2.45, 2.75) is 30.2 Å². The van der Waals surface area contributed by atoms with E-state index in [4.69, 9.17) is 9.47 Å². The molecular formula is C15H22ClN3O5S. The summed E-state index contributed by atoms with van der Waals surface area (Å²) >= 11 is 0. The maximum Gasteiger partial charge on any atom is 0.262 e. The van der Waals surface area contributed by atoms with Crippen LogP contribution in [0.5, 0.6) is 11.5 Å². The molecule has 1 aromatic carbocycles. The number of fused-ring (bicyclic) bond motifs is 1. The molecule has 1 fully saturated rings. The van der Waals surface area contributed by atoms with E-state index in [2.05, 4.69) is 15.4 Å². The summed E-state index contributed by atoms with van der Waals surface area (Å²) in [5.74, 6) is 0.182. The number of sulfonamides is 1. The third-order valence-corrected chi connectivity index (χ3v) is 5.62. The quantitative estimate of drug-likeness (QED) is 0.664. The van der Waals surface area contributed by atoms with Gasteiger partial charge in [0.25, 0.3) is 5.91 Å². The summed E-state index contributed by atoms with van der Waals surface area (Å²) in [5, 5.41) is 5.96. The number of rotatable bonds is 6. The second kappa shape index (κ2) is 8.22. The number of hydrogen-bond donors (Lipinski definition) is 3.